The predicted octanol–water partition coefficient (Wildman–Crippen LogP) is 2.10. The van der Waals surface area contributed by atoms with Crippen LogP contribution in [0.4, 0.5) is 0 Å². The van der Waals surface area contributed by atoms with Crippen LogP contribution in [-0.2, 0) is 11.2 Å². The van der Waals surface area contributed by atoms with Crippen molar-refractivity contribution >= 4 is 17.2 Å². The van der Waals surface area contributed by atoms with Crippen molar-refractivity contribution in [2.75, 3.05) is 19.7 Å². The van der Waals surface area contributed by atoms with E-state index in [-0.39, 0.29) is 23.5 Å². The number of aliphatic hydroxyl groups is 1. The van der Waals surface area contributed by atoms with Gasteiger partial charge in [-0.25, -0.2) is 4.98 Å². The molecule has 2 atom stereocenters. The predicted molar refractivity (Wildman–Crippen MR) is 85.1 cm³/mol. The van der Waals surface area contributed by atoms with E-state index in [1.54, 1.807) is 6.20 Å². The van der Waals surface area contributed by atoms with E-state index in [1.165, 1.54) is 11.3 Å². The Morgan fingerprint density at radius 2 is 2.23 bits per heavy atom. The summed E-state index contributed by atoms with van der Waals surface area (Å²) >= 11 is 1.49. The summed E-state index contributed by atoms with van der Waals surface area (Å²) in [4.78, 5) is 19.4. The van der Waals surface area contributed by atoms with Crippen molar-refractivity contribution < 1.29 is 14.6 Å². The fourth-order valence-corrected chi connectivity index (χ4v) is 4.50. The first-order chi connectivity index (χ1) is 10.6. The van der Waals surface area contributed by atoms with Gasteiger partial charge < -0.3 is 14.7 Å². The highest BCUT2D eigenvalue weighted by Gasteiger charge is 2.56. The average Bonchev–Trinajstić information content (AvgIpc) is 3.03. The molecule has 1 spiro atoms. The Kier molecular flexibility index (Phi) is 4.52. The second kappa shape index (κ2) is 6.26. The van der Waals surface area contributed by atoms with Crippen molar-refractivity contribution in [3.63, 3.8) is 0 Å². The van der Waals surface area contributed by atoms with Crippen LogP contribution in [0.25, 0.3) is 0 Å². The molecular weight excluding hydrogens is 300 g/mol. The molecule has 2 fully saturated rings. The number of aromatic nitrogens is 1. The maximum atomic E-state index is 12.5. The molecular formula is C16H24N2O3S. The first-order valence-electron chi connectivity index (χ1n) is 8.14. The number of aliphatic hydroxyl groups excluding tert-OH is 1. The summed E-state index contributed by atoms with van der Waals surface area (Å²) in [6.45, 7) is 6.11. The number of thiazole rings is 1. The van der Waals surface area contributed by atoms with Gasteiger partial charge in [0.2, 0.25) is 0 Å². The van der Waals surface area contributed by atoms with Crippen LogP contribution in [0.2, 0.25) is 0 Å². The Morgan fingerprint density at radius 1 is 1.50 bits per heavy atom. The quantitative estimate of drug-likeness (QED) is 0.921. The van der Waals surface area contributed by atoms with Crippen molar-refractivity contribution in [2.24, 2.45) is 5.41 Å². The summed E-state index contributed by atoms with van der Waals surface area (Å²) in [6, 6.07) is 0. The highest BCUT2D eigenvalue weighted by atomic mass is 32.1. The van der Waals surface area contributed by atoms with E-state index in [4.69, 9.17) is 4.74 Å². The number of carbonyl (C=O) groups is 1. The van der Waals surface area contributed by atoms with Crippen molar-refractivity contribution in [3.8, 4) is 0 Å². The second-order valence-corrected chi connectivity index (χ2v) is 7.31. The van der Waals surface area contributed by atoms with Crippen molar-refractivity contribution in [3.05, 3.63) is 16.1 Å². The van der Waals surface area contributed by atoms with Gasteiger partial charge in [0.1, 0.15) is 4.88 Å². The monoisotopic (exact) mass is 324 g/mol. The van der Waals surface area contributed by atoms with Gasteiger partial charge >= 0.3 is 0 Å². The molecule has 1 saturated carbocycles. The molecule has 0 radical (unpaired) electrons. The number of likely N-dealkylation sites (tertiary alicyclic amines) is 1. The van der Waals surface area contributed by atoms with E-state index < -0.39 is 0 Å². The summed E-state index contributed by atoms with van der Waals surface area (Å²) in [5, 5.41) is 11.2. The van der Waals surface area contributed by atoms with Gasteiger partial charge in [-0.3, -0.25) is 4.79 Å². The van der Waals surface area contributed by atoms with Gasteiger partial charge in [0.25, 0.3) is 5.91 Å². The van der Waals surface area contributed by atoms with Crippen LogP contribution in [-0.4, -0.2) is 52.8 Å². The molecule has 122 valence electrons. The number of piperidine rings is 1. The van der Waals surface area contributed by atoms with E-state index in [0.717, 1.165) is 35.6 Å². The summed E-state index contributed by atoms with van der Waals surface area (Å²) in [5.74, 6) is 0.0776. The lowest BCUT2D eigenvalue weighted by molar-refractivity contribution is -0.207. The number of carbonyl (C=O) groups excluding carboxylic acids is 1. The number of rotatable bonds is 4. The van der Waals surface area contributed by atoms with E-state index >= 15 is 0 Å². The molecule has 1 aromatic rings. The van der Waals surface area contributed by atoms with Crippen LogP contribution in [0.1, 0.15) is 47.8 Å². The van der Waals surface area contributed by atoms with Gasteiger partial charge in [-0.2, -0.15) is 0 Å². The fraction of sp³-hybridized carbons (Fsp3) is 0.750. The van der Waals surface area contributed by atoms with Gasteiger partial charge in [0, 0.05) is 31.5 Å². The third-order valence-corrected chi connectivity index (χ3v) is 6.29. The number of amides is 1. The van der Waals surface area contributed by atoms with Crippen molar-refractivity contribution in [1.82, 2.24) is 9.88 Å². The number of ether oxygens (including phenoxy) is 1. The average molecular weight is 324 g/mol. The van der Waals surface area contributed by atoms with Crippen LogP contribution >= 0.6 is 11.3 Å². The smallest absolute Gasteiger partial charge is 0.265 e. The summed E-state index contributed by atoms with van der Waals surface area (Å²) in [7, 11) is 0. The minimum absolute atomic E-state index is 0.0776. The molecule has 2 aliphatic rings. The Morgan fingerprint density at radius 3 is 2.77 bits per heavy atom. The van der Waals surface area contributed by atoms with Gasteiger partial charge in [0.15, 0.2) is 0 Å². The molecule has 0 bridgehead atoms. The lowest BCUT2D eigenvalue weighted by Gasteiger charge is -2.56. The molecule has 6 heteroatoms. The lowest BCUT2D eigenvalue weighted by atomic mass is 9.58. The van der Waals surface area contributed by atoms with E-state index in [1.807, 2.05) is 18.7 Å². The largest absolute Gasteiger partial charge is 0.392 e. The normalized spacial score (nSPS) is 27.0. The first kappa shape index (κ1) is 15.9. The molecule has 1 aliphatic carbocycles. The zero-order valence-electron chi connectivity index (χ0n) is 13.2. The Hall–Kier alpha value is -0.980. The van der Waals surface area contributed by atoms with Crippen LogP contribution in [0.3, 0.4) is 0 Å². The second-order valence-electron chi connectivity index (χ2n) is 6.19. The highest BCUT2D eigenvalue weighted by molar-refractivity contribution is 7.13. The topological polar surface area (TPSA) is 62.7 Å². The molecule has 5 nitrogen and oxygen atoms in total. The Labute approximate surface area is 135 Å². The minimum atomic E-state index is -0.281. The van der Waals surface area contributed by atoms with E-state index in [2.05, 4.69) is 4.98 Å². The molecule has 1 saturated heterocycles. The zero-order chi connectivity index (χ0) is 15.7. The van der Waals surface area contributed by atoms with Crippen molar-refractivity contribution in [1.29, 1.82) is 0 Å². The van der Waals surface area contributed by atoms with Gasteiger partial charge in [-0.1, -0.05) is 6.92 Å². The van der Waals surface area contributed by atoms with Gasteiger partial charge in [-0.05, 0) is 26.2 Å². The first-order valence-corrected chi connectivity index (χ1v) is 8.96. The molecule has 1 amide bonds. The SMILES string of the molecule is CCOC1CC(O)C12CCN(C(=O)c1cnc(CC)s1)CC2. The maximum absolute atomic E-state index is 12.5. The van der Waals surface area contributed by atoms with Crippen LogP contribution < -0.4 is 0 Å². The van der Waals surface area contributed by atoms with Crippen LogP contribution in [0.15, 0.2) is 6.20 Å². The standard InChI is InChI=1S/C16H24N2O3S/c1-3-14-17-10-11(22-14)15(20)18-7-5-16(6-8-18)12(19)9-13(16)21-4-2/h10,12-13,19H,3-9H2,1-2H3. The lowest BCUT2D eigenvalue weighted by Crippen LogP contribution is -2.62. The van der Waals surface area contributed by atoms with Crippen LogP contribution in [0.5, 0.6) is 0 Å². The minimum Gasteiger partial charge on any atom is -0.392 e. The molecule has 22 heavy (non-hydrogen) atoms. The Balaban J connectivity index is 1.62. The molecule has 1 N–H and O–H groups in total. The summed E-state index contributed by atoms with van der Waals surface area (Å²) in [5.41, 5.74) is -0.130. The van der Waals surface area contributed by atoms with E-state index in [9.17, 15) is 9.90 Å². The highest BCUT2D eigenvalue weighted by Crippen LogP contribution is 2.51. The van der Waals surface area contributed by atoms with Gasteiger partial charge in [-0.15, -0.1) is 11.3 Å². The molecule has 1 aliphatic heterocycles. The van der Waals surface area contributed by atoms with Crippen LogP contribution in [0, 0.1) is 5.41 Å². The molecule has 1 aromatic heterocycles. The van der Waals surface area contributed by atoms with E-state index in [0.29, 0.717) is 19.7 Å². The van der Waals surface area contributed by atoms with Gasteiger partial charge in [0.05, 0.1) is 23.4 Å². The fourth-order valence-electron chi connectivity index (χ4n) is 3.67. The number of hydrogen-bond donors (Lipinski definition) is 1. The summed E-state index contributed by atoms with van der Waals surface area (Å²) < 4.78 is 5.77. The summed E-state index contributed by atoms with van der Waals surface area (Å²) in [6.07, 6.45) is 4.81. The zero-order valence-corrected chi connectivity index (χ0v) is 14.1. The third-order valence-electron chi connectivity index (χ3n) is 5.16. The third kappa shape index (κ3) is 2.57. The van der Waals surface area contributed by atoms with Crippen molar-refractivity contribution in [2.45, 2.75) is 51.7 Å². The molecule has 2 heterocycles. The molecule has 3 rings (SSSR count). The maximum Gasteiger partial charge on any atom is 0.265 e. The molecule has 2 unspecified atom stereocenters. The molecule has 0 aromatic carbocycles. The number of hydrogen-bond acceptors (Lipinski definition) is 5. The Bertz CT molecular complexity index is 535. The number of nitrogens with zero attached hydrogens (tertiary/aromatic N) is 2. The number of aryl methyl sites for hydroxylation is 1.